The molecule has 2 aromatic rings. The number of rotatable bonds is 3. The Bertz CT molecular complexity index is 806. The molecule has 1 aliphatic rings. The zero-order chi connectivity index (χ0) is 19.2. The van der Waals surface area contributed by atoms with Crippen LogP contribution in [-0.2, 0) is 6.54 Å². The van der Waals surface area contributed by atoms with Crippen LogP contribution in [0.4, 0.5) is 4.79 Å². The molecule has 7 heteroatoms. The SMILES string of the molecule is CCn1c(C)nc2cc(C(=O)NNC(=O)NC3CCCCCCC3)ccc21. The molecule has 1 saturated carbocycles. The number of aryl methyl sites for hydroxylation is 2. The minimum Gasteiger partial charge on any atom is -0.334 e. The van der Waals surface area contributed by atoms with Gasteiger partial charge in [-0.05, 0) is 44.9 Å². The van der Waals surface area contributed by atoms with Gasteiger partial charge >= 0.3 is 6.03 Å². The molecule has 0 atom stereocenters. The third-order valence-electron chi connectivity index (χ3n) is 5.25. The van der Waals surface area contributed by atoms with Gasteiger partial charge in [-0.15, -0.1) is 0 Å². The van der Waals surface area contributed by atoms with E-state index in [1.807, 2.05) is 13.0 Å². The van der Waals surface area contributed by atoms with Crippen LogP contribution in [0, 0.1) is 6.92 Å². The van der Waals surface area contributed by atoms with E-state index in [1.165, 1.54) is 19.3 Å². The number of aromatic nitrogens is 2. The monoisotopic (exact) mass is 371 g/mol. The van der Waals surface area contributed by atoms with E-state index in [0.717, 1.165) is 49.1 Å². The van der Waals surface area contributed by atoms with Crippen molar-refractivity contribution in [1.82, 2.24) is 25.7 Å². The molecule has 1 heterocycles. The standard InChI is InChI=1S/C20H29N5O2/c1-3-25-14(2)21-17-13-15(11-12-18(17)25)19(26)23-24-20(27)22-16-9-7-5-4-6-8-10-16/h11-13,16H,3-10H2,1-2H3,(H,23,26)(H2,22,24,27). The van der Waals surface area contributed by atoms with Crippen molar-refractivity contribution in [3.05, 3.63) is 29.6 Å². The van der Waals surface area contributed by atoms with Crippen molar-refractivity contribution in [2.24, 2.45) is 0 Å². The van der Waals surface area contributed by atoms with Crippen molar-refractivity contribution in [2.45, 2.75) is 71.4 Å². The summed E-state index contributed by atoms with van der Waals surface area (Å²) in [7, 11) is 0. The van der Waals surface area contributed by atoms with Gasteiger partial charge in [-0.25, -0.2) is 15.2 Å². The van der Waals surface area contributed by atoms with E-state index >= 15 is 0 Å². The first-order chi connectivity index (χ1) is 13.1. The third kappa shape index (κ3) is 4.78. The van der Waals surface area contributed by atoms with Crippen LogP contribution >= 0.6 is 0 Å². The van der Waals surface area contributed by atoms with Gasteiger partial charge in [0, 0.05) is 18.2 Å². The van der Waals surface area contributed by atoms with Gasteiger partial charge in [-0.1, -0.05) is 32.1 Å². The number of hydrazine groups is 1. The van der Waals surface area contributed by atoms with Gasteiger partial charge in [0.15, 0.2) is 0 Å². The Morgan fingerprint density at radius 2 is 1.81 bits per heavy atom. The normalized spacial score (nSPS) is 15.8. The van der Waals surface area contributed by atoms with Crippen LogP contribution in [0.2, 0.25) is 0 Å². The molecule has 1 aromatic carbocycles. The minimum atomic E-state index is -0.360. The molecule has 0 bridgehead atoms. The fraction of sp³-hybridized carbons (Fsp3) is 0.550. The molecule has 1 fully saturated rings. The van der Waals surface area contributed by atoms with Gasteiger partial charge in [0.1, 0.15) is 5.82 Å². The van der Waals surface area contributed by atoms with Crippen molar-refractivity contribution in [3.8, 4) is 0 Å². The summed E-state index contributed by atoms with van der Waals surface area (Å²) < 4.78 is 2.09. The first-order valence-corrected chi connectivity index (χ1v) is 9.92. The highest BCUT2D eigenvalue weighted by molar-refractivity contribution is 5.98. The first-order valence-electron chi connectivity index (χ1n) is 9.92. The van der Waals surface area contributed by atoms with Crippen molar-refractivity contribution in [2.75, 3.05) is 0 Å². The Hall–Kier alpha value is -2.57. The van der Waals surface area contributed by atoms with E-state index in [4.69, 9.17) is 0 Å². The molecule has 3 rings (SSSR count). The highest BCUT2D eigenvalue weighted by Gasteiger charge is 2.15. The number of carbonyl (C=O) groups is 2. The number of hydrogen-bond donors (Lipinski definition) is 3. The predicted molar refractivity (Wildman–Crippen MR) is 105 cm³/mol. The lowest BCUT2D eigenvalue weighted by atomic mass is 9.97. The Morgan fingerprint density at radius 1 is 1.11 bits per heavy atom. The number of nitrogens with one attached hydrogen (secondary N) is 3. The van der Waals surface area contributed by atoms with Gasteiger partial charge in [0.05, 0.1) is 11.0 Å². The molecule has 146 valence electrons. The number of fused-ring (bicyclic) bond motifs is 1. The maximum absolute atomic E-state index is 12.4. The largest absolute Gasteiger partial charge is 0.334 e. The van der Waals surface area contributed by atoms with Crippen molar-refractivity contribution in [1.29, 1.82) is 0 Å². The fourth-order valence-corrected chi connectivity index (χ4v) is 3.80. The number of benzene rings is 1. The van der Waals surface area contributed by atoms with Crippen molar-refractivity contribution < 1.29 is 9.59 Å². The highest BCUT2D eigenvalue weighted by atomic mass is 16.2. The second-order valence-electron chi connectivity index (χ2n) is 7.20. The molecule has 7 nitrogen and oxygen atoms in total. The summed E-state index contributed by atoms with van der Waals surface area (Å²) in [6.45, 7) is 4.84. The summed E-state index contributed by atoms with van der Waals surface area (Å²) in [5, 5.41) is 2.96. The number of nitrogens with zero attached hydrogens (tertiary/aromatic N) is 2. The average Bonchev–Trinajstić information content (AvgIpc) is 2.95. The van der Waals surface area contributed by atoms with Crippen LogP contribution in [0.15, 0.2) is 18.2 Å². The lowest BCUT2D eigenvalue weighted by Gasteiger charge is -2.21. The molecule has 0 saturated heterocycles. The van der Waals surface area contributed by atoms with Gasteiger partial charge < -0.3 is 9.88 Å². The predicted octanol–water partition coefficient (Wildman–Crippen LogP) is 3.42. The number of urea groups is 1. The fourth-order valence-electron chi connectivity index (χ4n) is 3.80. The van der Waals surface area contributed by atoms with Crippen LogP contribution < -0.4 is 16.2 Å². The molecule has 1 aromatic heterocycles. The molecular formula is C20H29N5O2. The summed E-state index contributed by atoms with van der Waals surface area (Å²) in [6, 6.07) is 5.21. The molecule has 3 amide bonds. The minimum absolute atomic E-state index is 0.180. The van der Waals surface area contributed by atoms with E-state index in [1.54, 1.807) is 12.1 Å². The van der Waals surface area contributed by atoms with Crippen LogP contribution in [0.1, 0.15) is 68.1 Å². The second-order valence-corrected chi connectivity index (χ2v) is 7.20. The summed E-state index contributed by atoms with van der Waals surface area (Å²) >= 11 is 0. The number of imidazole rings is 1. The van der Waals surface area contributed by atoms with Crippen LogP contribution in [-0.4, -0.2) is 27.5 Å². The average molecular weight is 371 g/mol. The van der Waals surface area contributed by atoms with Crippen molar-refractivity contribution >= 4 is 23.0 Å². The van der Waals surface area contributed by atoms with Crippen LogP contribution in [0.25, 0.3) is 11.0 Å². The summed E-state index contributed by atoms with van der Waals surface area (Å²) in [6.07, 6.45) is 8.02. The van der Waals surface area contributed by atoms with E-state index in [9.17, 15) is 9.59 Å². The molecule has 27 heavy (non-hydrogen) atoms. The Labute approximate surface area is 159 Å². The van der Waals surface area contributed by atoms with Gasteiger partial charge in [-0.2, -0.15) is 0 Å². The Kier molecular flexibility index (Phi) is 6.32. The second kappa shape index (κ2) is 8.88. The Morgan fingerprint density at radius 3 is 2.52 bits per heavy atom. The quantitative estimate of drug-likeness (QED) is 0.722. The highest BCUT2D eigenvalue weighted by Crippen LogP contribution is 2.18. The lowest BCUT2D eigenvalue weighted by molar-refractivity contribution is 0.0935. The van der Waals surface area contributed by atoms with E-state index < -0.39 is 0 Å². The third-order valence-corrected chi connectivity index (χ3v) is 5.25. The van der Waals surface area contributed by atoms with Crippen molar-refractivity contribution in [3.63, 3.8) is 0 Å². The molecular weight excluding hydrogens is 342 g/mol. The molecule has 0 unspecified atom stereocenters. The zero-order valence-electron chi connectivity index (χ0n) is 16.2. The number of hydrogen-bond acceptors (Lipinski definition) is 3. The smallest absolute Gasteiger partial charge is 0.333 e. The molecule has 3 N–H and O–H groups in total. The van der Waals surface area contributed by atoms with Gasteiger partial charge in [0.2, 0.25) is 0 Å². The van der Waals surface area contributed by atoms with Gasteiger partial charge in [0.25, 0.3) is 5.91 Å². The molecule has 1 aliphatic carbocycles. The number of amides is 3. The molecule has 0 radical (unpaired) electrons. The summed E-state index contributed by atoms with van der Waals surface area (Å²) in [4.78, 5) is 28.9. The molecule has 0 aliphatic heterocycles. The zero-order valence-corrected chi connectivity index (χ0v) is 16.2. The number of carbonyl (C=O) groups excluding carboxylic acids is 2. The Balaban J connectivity index is 1.55. The molecule has 0 spiro atoms. The first kappa shape index (κ1) is 19.2. The maximum atomic E-state index is 12.4. The van der Waals surface area contributed by atoms with Crippen LogP contribution in [0.3, 0.4) is 0 Å². The topological polar surface area (TPSA) is 88.1 Å². The van der Waals surface area contributed by atoms with Gasteiger partial charge in [-0.3, -0.25) is 10.2 Å². The summed E-state index contributed by atoms with van der Waals surface area (Å²) in [5.41, 5.74) is 7.19. The van der Waals surface area contributed by atoms with E-state index in [-0.39, 0.29) is 18.0 Å². The lowest BCUT2D eigenvalue weighted by Crippen LogP contribution is -2.49. The summed E-state index contributed by atoms with van der Waals surface area (Å²) in [5.74, 6) is 0.565. The maximum Gasteiger partial charge on any atom is 0.333 e. The van der Waals surface area contributed by atoms with E-state index in [0.29, 0.717) is 5.56 Å². The van der Waals surface area contributed by atoms with E-state index in [2.05, 4.69) is 32.6 Å². The van der Waals surface area contributed by atoms with Crippen LogP contribution in [0.5, 0.6) is 0 Å².